The van der Waals surface area contributed by atoms with Gasteiger partial charge in [-0.3, -0.25) is 4.79 Å². The largest absolute Gasteiger partial charge is 0.484 e. The number of aryl methyl sites for hydroxylation is 1. The molecule has 0 bridgehead atoms. The number of benzene rings is 1. The minimum Gasteiger partial charge on any atom is -0.484 e. The van der Waals surface area contributed by atoms with Gasteiger partial charge in [0.25, 0.3) is 5.91 Å². The van der Waals surface area contributed by atoms with E-state index in [4.69, 9.17) is 21.4 Å². The first kappa shape index (κ1) is 17.2. The van der Waals surface area contributed by atoms with Crippen LogP contribution >= 0.6 is 11.6 Å². The normalized spacial score (nSPS) is 12.0. The molecule has 1 amide bonds. The highest BCUT2D eigenvalue weighted by molar-refractivity contribution is 6.30. The van der Waals surface area contributed by atoms with E-state index in [-0.39, 0.29) is 0 Å². The lowest BCUT2D eigenvalue weighted by Crippen LogP contribution is -2.44. The highest BCUT2D eigenvalue weighted by atomic mass is 35.5. The lowest BCUT2D eigenvalue weighted by Gasteiger charge is -2.15. The third kappa shape index (κ3) is 5.95. The molecule has 0 fully saturated rings. The van der Waals surface area contributed by atoms with Crippen molar-refractivity contribution in [2.24, 2.45) is 0 Å². The van der Waals surface area contributed by atoms with Crippen molar-refractivity contribution >= 4 is 23.5 Å². The molecule has 1 rings (SSSR count). The summed E-state index contributed by atoms with van der Waals surface area (Å²) in [5.41, 5.74) is 0.692. The van der Waals surface area contributed by atoms with Crippen molar-refractivity contribution in [3.63, 3.8) is 0 Å². The Labute approximate surface area is 124 Å². The van der Waals surface area contributed by atoms with Gasteiger partial charge in [0.15, 0.2) is 6.61 Å². The van der Waals surface area contributed by atoms with Crippen molar-refractivity contribution in [1.29, 1.82) is 0 Å². The van der Waals surface area contributed by atoms with Crippen LogP contribution in [0, 0.1) is 6.92 Å². The molecule has 5 nitrogen and oxygen atoms in total. The van der Waals surface area contributed by atoms with Crippen LogP contribution in [0.3, 0.4) is 0 Å². The van der Waals surface area contributed by atoms with Crippen molar-refractivity contribution in [3.8, 4) is 5.75 Å². The smallest absolute Gasteiger partial charge is 0.326 e. The molecule has 0 aromatic heterocycles. The zero-order chi connectivity index (χ0) is 16.0. The molecule has 21 heavy (non-hydrogen) atoms. The first-order valence-corrected chi connectivity index (χ1v) is 6.36. The number of rotatable bonds is 7. The second-order valence-electron chi connectivity index (χ2n) is 4.28. The lowest BCUT2D eigenvalue weighted by atomic mass is 10.2. The number of carboxylic acid groups (broad SMARTS) is 1. The Morgan fingerprint density at radius 3 is 2.62 bits per heavy atom. The van der Waals surface area contributed by atoms with Crippen LogP contribution in [-0.4, -0.2) is 36.1 Å². The summed E-state index contributed by atoms with van der Waals surface area (Å²) in [6.07, 6.45) is -3.79. The van der Waals surface area contributed by atoms with E-state index in [1.807, 2.05) is 5.32 Å². The summed E-state index contributed by atoms with van der Waals surface area (Å²) in [5, 5.41) is 11.2. The van der Waals surface area contributed by atoms with Gasteiger partial charge in [-0.25, -0.2) is 13.6 Å². The Kier molecular flexibility index (Phi) is 6.36. The van der Waals surface area contributed by atoms with E-state index in [9.17, 15) is 18.4 Å². The number of halogens is 3. The number of carbonyl (C=O) groups is 2. The number of alkyl halides is 2. The van der Waals surface area contributed by atoms with Crippen LogP contribution in [0.2, 0.25) is 5.02 Å². The first-order valence-electron chi connectivity index (χ1n) is 5.99. The third-order valence-corrected chi connectivity index (χ3v) is 2.78. The molecular formula is C13H14ClF2NO4. The molecule has 1 aromatic carbocycles. The number of nitrogens with one attached hydrogen (secondary N) is 1. The summed E-state index contributed by atoms with van der Waals surface area (Å²) in [7, 11) is 0. The van der Waals surface area contributed by atoms with Crippen LogP contribution in [0.15, 0.2) is 18.2 Å². The Morgan fingerprint density at radius 2 is 2.10 bits per heavy atom. The molecule has 8 heteroatoms. The van der Waals surface area contributed by atoms with E-state index in [1.165, 1.54) is 0 Å². The van der Waals surface area contributed by atoms with Gasteiger partial charge in [-0.1, -0.05) is 11.6 Å². The van der Waals surface area contributed by atoms with E-state index in [0.29, 0.717) is 16.3 Å². The topological polar surface area (TPSA) is 75.6 Å². The summed E-state index contributed by atoms with van der Waals surface area (Å²) in [4.78, 5) is 22.3. The van der Waals surface area contributed by atoms with Crippen molar-refractivity contribution < 1.29 is 28.2 Å². The van der Waals surface area contributed by atoms with Gasteiger partial charge in [0.05, 0.1) is 0 Å². The molecule has 0 saturated heterocycles. The highest BCUT2D eigenvalue weighted by Crippen LogP contribution is 2.21. The molecule has 1 unspecified atom stereocenters. The fourth-order valence-electron chi connectivity index (χ4n) is 1.55. The summed E-state index contributed by atoms with van der Waals surface area (Å²) < 4.78 is 29.5. The fraction of sp³-hybridized carbons (Fsp3) is 0.385. The standard InChI is InChI=1S/C13H14ClF2NO4/c1-7-4-8(14)2-3-10(7)21-6-12(18)17-9(13(19)20)5-11(15)16/h2-4,9,11H,5-6H2,1H3,(H,17,18)(H,19,20). The number of aliphatic carboxylic acids is 1. The van der Waals surface area contributed by atoms with Crippen molar-refractivity contribution in [2.45, 2.75) is 25.8 Å². The van der Waals surface area contributed by atoms with E-state index in [1.54, 1.807) is 25.1 Å². The summed E-state index contributed by atoms with van der Waals surface area (Å²) in [6.45, 7) is 1.24. The predicted molar refractivity (Wildman–Crippen MR) is 71.9 cm³/mol. The maximum absolute atomic E-state index is 12.2. The quantitative estimate of drug-likeness (QED) is 0.807. The van der Waals surface area contributed by atoms with Crippen molar-refractivity contribution in [2.75, 3.05) is 6.61 Å². The number of hydrogen-bond acceptors (Lipinski definition) is 3. The minimum absolute atomic E-state index is 0.398. The fourth-order valence-corrected chi connectivity index (χ4v) is 1.78. The molecule has 0 aliphatic heterocycles. The Morgan fingerprint density at radius 1 is 1.43 bits per heavy atom. The SMILES string of the molecule is Cc1cc(Cl)ccc1OCC(=O)NC(CC(F)F)C(=O)O. The summed E-state index contributed by atoms with van der Waals surface area (Å²) in [6, 6.07) is 3.11. The lowest BCUT2D eigenvalue weighted by molar-refractivity contribution is -0.143. The van der Waals surface area contributed by atoms with Crippen molar-refractivity contribution in [1.82, 2.24) is 5.32 Å². The Balaban J connectivity index is 2.54. The second-order valence-corrected chi connectivity index (χ2v) is 4.72. The van der Waals surface area contributed by atoms with Gasteiger partial charge in [-0.15, -0.1) is 0 Å². The Hall–Kier alpha value is -1.89. The average molecular weight is 322 g/mol. The average Bonchev–Trinajstić information content (AvgIpc) is 2.36. The molecule has 0 aliphatic carbocycles. The molecule has 2 N–H and O–H groups in total. The maximum atomic E-state index is 12.2. The monoisotopic (exact) mass is 321 g/mol. The van der Waals surface area contributed by atoms with Crippen LogP contribution in [-0.2, 0) is 9.59 Å². The number of hydrogen-bond donors (Lipinski definition) is 2. The van der Waals surface area contributed by atoms with Crippen molar-refractivity contribution in [3.05, 3.63) is 28.8 Å². The zero-order valence-corrected chi connectivity index (χ0v) is 11.9. The molecule has 1 atom stereocenters. The van der Waals surface area contributed by atoms with Gasteiger partial charge in [0, 0.05) is 11.4 Å². The highest BCUT2D eigenvalue weighted by Gasteiger charge is 2.24. The van der Waals surface area contributed by atoms with E-state index in [0.717, 1.165) is 0 Å². The predicted octanol–water partition coefficient (Wildman–Crippen LogP) is 2.25. The van der Waals surface area contributed by atoms with E-state index in [2.05, 4.69) is 0 Å². The number of carboxylic acids is 1. The second kappa shape index (κ2) is 7.78. The molecule has 116 valence electrons. The zero-order valence-electron chi connectivity index (χ0n) is 11.1. The van der Waals surface area contributed by atoms with Crippen LogP contribution in [0.4, 0.5) is 8.78 Å². The van der Waals surface area contributed by atoms with Crippen LogP contribution < -0.4 is 10.1 Å². The first-order chi connectivity index (χ1) is 9.79. The molecule has 0 aliphatic rings. The van der Waals surface area contributed by atoms with Gasteiger partial charge in [0.2, 0.25) is 6.43 Å². The van der Waals surface area contributed by atoms with Crippen LogP contribution in [0.25, 0.3) is 0 Å². The van der Waals surface area contributed by atoms with Gasteiger partial charge in [-0.05, 0) is 30.7 Å². The van der Waals surface area contributed by atoms with Crippen LogP contribution in [0.1, 0.15) is 12.0 Å². The van der Waals surface area contributed by atoms with Crippen LogP contribution in [0.5, 0.6) is 5.75 Å². The third-order valence-electron chi connectivity index (χ3n) is 2.54. The van der Waals surface area contributed by atoms with Gasteiger partial charge in [0.1, 0.15) is 11.8 Å². The van der Waals surface area contributed by atoms with Gasteiger partial charge < -0.3 is 15.2 Å². The maximum Gasteiger partial charge on any atom is 0.326 e. The molecule has 1 aromatic rings. The van der Waals surface area contributed by atoms with E-state index < -0.39 is 37.4 Å². The van der Waals surface area contributed by atoms with Gasteiger partial charge >= 0.3 is 5.97 Å². The van der Waals surface area contributed by atoms with Gasteiger partial charge in [-0.2, -0.15) is 0 Å². The summed E-state index contributed by atoms with van der Waals surface area (Å²) in [5.74, 6) is -1.92. The molecule has 0 radical (unpaired) electrons. The van der Waals surface area contributed by atoms with E-state index >= 15 is 0 Å². The molecular weight excluding hydrogens is 308 g/mol. The minimum atomic E-state index is -2.83. The number of ether oxygens (including phenoxy) is 1. The number of carbonyl (C=O) groups excluding carboxylic acids is 1. The molecule has 0 heterocycles. The molecule has 0 saturated carbocycles. The molecule has 0 spiro atoms. The number of amides is 1. The summed E-state index contributed by atoms with van der Waals surface area (Å²) >= 11 is 5.76. The Bertz CT molecular complexity index is 525.